The molecule has 0 aliphatic carbocycles. The van der Waals surface area contributed by atoms with Crippen molar-refractivity contribution in [3.05, 3.63) is 52.5 Å². The molecule has 2 aromatic carbocycles. The molecule has 0 heterocycles. The van der Waals surface area contributed by atoms with Crippen LogP contribution in [0.15, 0.2) is 36.4 Å². The van der Waals surface area contributed by atoms with Crippen LogP contribution in [0, 0.1) is 18.3 Å². The van der Waals surface area contributed by atoms with E-state index in [1.54, 1.807) is 37.3 Å². The van der Waals surface area contributed by atoms with Gasteiger partial charge in [0.1, 0.15) is 5.92 Å². The summed E-state index contributed by atoms with van der Waals surface area (Å²) in [6.07, 6.45) is 0. The maximum atomic E-state index is 12.5. The number of ether oxygens (including phenoxy) is 2. The van der Waals surface area contributed by atoms with Crippen molar-refractivity contribution < 1.29 is 19.1 Å². The highest BCUT2D eigenvalue weighted by atomic mass is 35.5. The third kappa shape index (κ3) is 4.13. The number of hydrogen-bond acceptors (Lipinski definition) is 5. The molecule has 7 heteroatoms. The first kappa shape index (κ1) is 19.3. The third-order valence-electron chi connectivity index (χ3n) is 3.79. The molecule has 0 aromatic heterocycles. The average Bonchev–Trinajstić information content (AvgIpc) is 2.64. The van der Waals surface area contributed by atoms with Crippen molar-refractivity contribution in [3.8, 4) is 17.6 Å². The highest BCUT2D eigenvalue weighted by molar-refractivity contribution is 6.43. The average molecular weight is 373 g/mol. The lowest BCUT2D eigenvalue weighted by Gasteiger charge is -2.13. The van der Waals surface area contributed by atoms with Crippen LogP contribution >= 0.6 is 11.6 Å². The number of anilines is 1. The van der Waals surface area contributed by atoms with Crippen molar-refractivity contribution in [2.75, 3.05) is 19.5 Å². The van der Waals surface area contributed by atoms with Crippen LogP contribution in [-0.4, -0.2) is 25.9 Å². The van der Waals surface area contributed by atoms with Gasteiger partial charge in [-0.1, -0.05) is 17.7 Å². The van der Waals surface area contributed by atoms with Crippen LogP contribution < -0.4 is 14.8 Å². The van der Waals surface area contributed by atoms with E-state index in [-0.39, 0.29) is 0 Å². The molecular formula is C19H17ClN2O4. The van der Waals surface area contributed by atoms with Crippen LogP contribution in [0.5, 0.6) is 11.5 Å². The lowest BCUT2D eigenvalue weighted by molar-refractivity contribution is -0.135. The Morgan fingerprint density at radius 1 is 1.12 bits per heavy atom. The number of ketones is 1. The molecule has 0 fully saturated rings. The van der Waals surface area contributed by atoms with E-state index in [1.807, 2.05) is 6.07 Å². The normalized spacial score (nSPS) is 11.2. The smallest absolute Gasteiger partial charge is 0.293 e. The minimum absolute atomic E-state index is 0.345. The first-order chi connectivity index (χ1) is 12.4. The highest BCUT2D eigenvalue weighted by Gasteiger charge is 2.28. The number of hydrogen-bond donors (Lipinski definition) is 1. The number of halogens is 1. The van der Waals surface area contributed by atoms with Gasteiger partial charge in [-0.15, -0.1) is 0 Å². The van der Waals surface area contributed by atoms with Gasteiger partial charge in [0.25, 0.3) is 5.91 Å². The molecule has 0 unspecified atom stereocenters. The van der Waals surface area contributed by atoms with Crippen molar-refractivity contribution in [1.82, 2.24) is 0 Å². The summed E-state index contributed by atoms with van der Waals surface area (Å²) >= 11 is 5.88. The summed E-state index contributed by atoms with van der Waals surface area (Å²) in [7, 11) is 2.92. The standard InChI is InChI=1S/C19H17ClN2O4/c1-11-8-13(20)5-6-15(11)22-19(24)18(23)14(10-21)12-4-7-16(25-2)17(9-12)26-3/h4-9,14H,1-3H3,(H,22,24)/t14-/m1/s1. The van der Waals surface area contributed by atoms with E-state index in [4.69, 9.17) is 21.1 Å². The van der Waals surface area contributed by atoms with E-state index in [2.05, 4.69) is 5.32 Å². The van der Waals surface area contributed by atoms with E-state index in [0.717, 1.165) is 0 Å². The van der Waals surface area contributed by atoms with Gasteiger partial charge in [0.2, 0.25) is 5.78 Å². The fraction of sp³-hybridized carbons (Fsp3) is 0.211. The second-order valence-electron chi connectivity index (χ2n) is 5.45. The Morgan fingerprint density at radius 2 is 1.81 bits per heavy atom. The molecule has 0 saturated carbocycles. The fourth-order valence-electron chi connectivity index (χ4n) is 2.40. The van der Waals surface area contributed by atoms with Crippen LogP contribution in [0.25, 0.3) is 0 Å². The predicted molar refractivity (Wildman–Crippen MR) is 97.7 cm³/mol. The van der Waals surface area contributed by atoms with Gasteiger partial charge in [-0.3, -0.25) is 9.59 Å². The number of aryl methyl sites for hydroxylation is 1. The van der Waals surface area contributed by atoms with Crippen LogP contribution in [0.4, 0.5) is 5.69 Å². The summed E-state index contributed by atoms with van der Waals surface area (Å²) in [4.78, 5) is 24.8. The Hall–Kier alpha value is -3.04. The second-order valence-corrected chi connectivity index (χ2v) is 5.89. The maximum absolute atomic E-state index is 12.5. The molecule has 26 heavy (non-hydrogen) atoms. The van der Waals surface area contributed by atoms with Gasteiger partial charge in [-0.25, -0.2) is 0 Å². The van der Waals surface area contributed by atoms with E-state index in [0.29, 0.717) is 33.3 Å². The highest BCUT2D eigenvalue weighted by Crippen LogP contribution is 2.31. The zero-order valence-electron chi connectivity index (χ0n) is 14.5. The van der Waals surface area contributed by atoms with Gasteiger partial charge in [0.15, 0.2) is 11.5 Å². The molecule has 0 spiro atoms. The van der Waals surface area contributed by atoms with E-state index in [9.17, 15) is 14.9 Å². The summed E-state index contributed by atoms with van der Waals surface area (Å²) in [6, 6.07) is 11.4. The van der Waals surface area contributed by atoms with Crippen molar-refractivity contribution in [2.45, 2.75) is 12.8 Å². The van der Waals surface area contributed by atoms with Crippen LogP contribution in [0.1, 0.15) is 17.0 Å². The molecule has 2 aromatic rings. The van der Waals surface area contributed by atoms with E-state index in [1.165, 1.54) is 20.3 Å². The van der Waals surface area contributed by atoms with E-state index >= 15 is 0 Å². The van der Waals surface area contributed by atoms with Gasteiger partial charge in [-0.05, 0) is 48.4 Å². The number of carbonyl (C=O) groups excluding carboxylic acids is 2. The zero-order chi connectivity index (χ0) is 19.3. The number of amides is 1. The number of nitrogens with zero attached hydrogens (tertiary/aromatic N) is 1. The molecule has 134 valence electrons. The molecule has 0 aliphatic rings. The van der Waals surface area contributed by atoms with Crippen molar-refractivity contribution >= 4 is 29.0 Å². The minimum atomic E-state index is -1.26. The van der Waals surface area contributed by atoms with Crippen molar-refractivity contribution in [3.63, 3.8) is 0 Å². The van der Waals surface area contributed by atoms with Crippen molar-refractivity contribution in [1.29, 1.82) is 5.26 Å². The van der Waals surface area contributed by atoms with Gasteiger partial charge in [-0.2, -0.15) is 5.26 Å². The molecule has 1 N–H and O–H groups in total. The lowest BCUT2D eigenvalue weighted by atomic mass is 9.95. The monoisotopic (exact) mass is 372 g/mol. The summed E-state index contributed by atoms with van der Waals surface area (Å²) in [6.45, 7) is 1.75. The molecule has 0 aliphatic heterocycles. The topological polar surface area (TPSA) is 88.4 Å². The molecular weight excluding hydrogens is 356 g/mol. The number of rotatable bonds is 6. The van der Waals surface area contributed by atoms with Crippen molar-refractivity contribution in [2.24, 2.45) is 0 Å². The molecule has 2 rings (SSSR count). The second kappa shape index (κ2) is 8.37. The Balaban J connectivity index is 2.25. The molecule has 1 atom stereocenters. The number of benzene rings is 2. The molecule has 1 amide bonds. The van der Waals surface area contributed by atoms with Crippen LogP contribution in [0.2, 0.25) is 5.02 Å². The molecule has 0 saturated heterocycles. The molecule has 0 bridgehead atoms. The lowest BCUT2D eigenvalue weighted by Crippen LogP contribution is -2.28. The number of methoxy groups -OCH3 is 2. The largest absolute Gasteiger partial charge is 0.493 e. The Kier molecular flexibility index (Phi) is 6.21. The summed E-state index contributed by atoms with van der Waals surface area (Å²) in [5.41, 5.74) is 1.51. The maximum Gasteiger partial charge on any atom is 0.293 e. The fourth-order valence-corrected chi connectivity index (χ4v) is 2.63. The Morgan fingerprint density at radius 3 is 2.38 bits per heavy atom. The van der Waals surface area contributed by atoms with Gasteiger partial charge in [0, 0.05) is 10.7 Å². The number of Topliss-reactive ketones (excluding diaryl/α,β-unsaturated/α-hetero) is 1. The summed E-state index contributed by atoms with van der Waals surface area (Å²) in [5.74, 6) is -2.18. The number of carbonyl (C=O) groups is 2. The quantitative estimate of drug-likeness (QED) is 0.784. The number of nitriles is 1. The summed E-state index contributed by atoms with van der Waals surface area (Å²) < 4.78 is 10.3. The number of nitrogens with one attached hydrogen (secondary N) is 1. The predicted octanol–water partition coefficient (Wildman–Crippen LogP) is 3.48. The minimum Gasteiger partial charge on any atom is -0.493 e. The van der Waals surface area contributed by atoms with Gasteiger partial charge >= 0.3 is 0 Å². The van der Waals surface area contributed by atoms with Gasteiger partial charge < -0.3 is 14.8 Å². The van der Waals surface area contributed by atoms with E-state index < -0.39 is 17.6 Å². The Bertz CT molecular complexity index is 890. The van der Waals surface area contributed by atoms with Gasteiger partial charge in [0.05, 0.1) is 20.3 Å². The Labute approximate surface area is 156 Å². The first-order valence-corrected chi connectivity index (χ1v) is 8.02. The first-order valence-electron chi connectivity index (χ1n) is 7.64. The molecule has 6 nitrogen and oxygen atoms in total. The van der Waals surface area contributed by atoms with Crippen LogP contribution in [-0.2, 0) is 9.59 Å². The molecule has 0 radical (unpaired) electrons. The zero-order valence-corrected chi connectivity index (χ0v) is 15.3. The van der Waals surface area contributed by atoms with Crippen LogP contribution in [0.3, 0.4) is 0 Å². The third-order valence-corrected chi connectivity index (χ3v) is 4.03. The summed E-state index contributed by atoms with van der Waals surface area (Å²) in [5, 5.41) is 12.4. The SMILES string of the molecule is COc1ccc([C@@H](C#N)C(=O)C(=O)Nc2ccc(Cl)cc2C)cc1OC.